The molecule has 4 N–H and O–H groups in total. The normalized spacial score (nSPS) is 22.8. The first-order valence-electron chi connectivity index (χ1n) is 18.9. The molecule has 0 spiro atoms. The Balaban J connectivity index is 0. The van der Waals surface area contributed by atoms with Gasteiger partial charge >= 0.3 is 23.9 Å². The molecule has 8 atom stereocenters. The molecule has 4 fully saturated rings. The Morgan fingerprint density at radius 3 is 0.690 bits per heavy atom. The predicted molar refractivity (Wildman–Crippen MR) is 242 cm³/mol. The lowest BCUT2D eigenvalue weighted by molar-refractivity contribution is -0.149. The van der Waals surface area contributed by atoms with Crippen LogP contribution < -0.4 is 0 Å². The topological polar surface area (TPSA) is 230 Å². The Morgan fingerprint density at radius 2 is 0.569 bits per heavy atom. The second kappa shape index (κ2) is 29.2. The number of carbonyl (C=O) groups excluding carboxylic acids is 4. The number of hydrogen-bond donors (Lipinski definition) is 8. The number of aliphatic carboxylic acids is 4. The molecule has 0 saturated carbocycles. The van der Waals surface area contributed by atoms with E-state index in [2.05, 4.69) is 50.5 Å². The molecule has 16 nitrogen and oxygen atoms in total. The SMILES string of the molecule is C[C@H](CS)C(=O)N1CCC[C@H]1C(=O)O.C[C@H](CS)C(=O)N1CCC[C@H]1C(=O)O.C[C@H](CS)C(=O)N1CCC[C@H]1C(=O)O.C[C@H](CS)C(=O)N1CCC[C@H]1C(=O)O.S.S. The van der Waals surface area contributed by atoms with Gasteiger partial charge in [-0.3, -0.25) is 19.2 Å². The molecule has 4 rings (SSSR count). The zero-order valence-corrected chi connectivity index (χ0v) is 39.1. The fourth-order valence-electron chi connectivity index (χ4n) is 6.59. The van der Waals surface area contributed by atoms with Crippen LogP contribution in [0.4, 0.5) is 0 Å². The Morgan fingerprint density at radius 1 is 0.414 bits per heavy atom. The summed E-state index contributed by atoms with van der Waals surface area (Å²) >= 11 is 16.1. The first-order valence-corrected chi connectivity index (χ1v) is 21.4. The van der Waals surface area contributed by atoms with Crippen LogP contribution in [-0.2, 0) is 38.4 Å². The van der Waals surface area contributed by atoms with E-state index in [4.69, 9.17) is 20.4 Å². The highest BCUT2D eigenvalue weighted by molar-refractivity contribution is 7.80. The number of rotatable bonds is 12. The lowest BCUT2D eigenvalue weighted by atomic mass is 10.1. The molecular formula is C36H64N4O12S6. The first-order chi connectivity index (χ1) is 26.3. The Hall–Kier alpha value is -2.14. The van der Waals surface area contributed by atoms with E-state index in [-0.39, 0.29) is 74.3 Å². The molecule has 58 heavy (non-hydrogen) atoms. The molecule has 336 valence electrons. The molecule has 4 amide bonds. The average molecular weight is 937 g/mol. The molecule has 0 aromatic rings. The number of nitrogens with zero attached hydrogens (tertiary/aromatic N) is 4. The highest BCUT2D eigenvalue weighted by Gasteiger charge is 2.38. The van der Waals surface area contributed by atoms with E-state index >= 15 is 0 Å². The van der Waals surface area contributed by atoms with Gasteiger partial charge < -0.3 is 40.0 Å². The summed E-state index contributed by atoms with van der Waals surface area (Å²) in [5.41, 5.74) is 0. The summed E-state index contributed by atoms with van der Waals surface area (Å²) in [6, 6.07) is -2.48. The van der Waals surface area contributed by atoms with E-state index in [0.717, 1.165) is 25.7 Å². The van der Waals surface area contributed by atoms with Crippen LogP contribution in [0, 0.1) is 23.7 Å². The molecule has 22 heteroatoms. The predicted octanol–water partition coefficient (Wildman–Crippen LogP) is 2.74. The minimum absolute atomic E-state index is 0. The van der Waals surface area contributed by atoms with Crippen molar-refractivity contribution >= 4 is 125 Å². The molecule has 4 heterocycles. The molecule has 4 saturated heterocycles. The number of likely N-dealkylation sites (tertiary alicyclic amines) is 4. The van der Waals surface area contributed by atoms with Crippen LogP contribution in [0.2, 0.25) is 0 Å². The molecule has 0 radical (unpaired) electrons. The van der Waals surface area contributed by atoms with Crippen LogP contribution in [0.1, 0.15) is 79.1 Å². The van der Waals surface area contributed by atoms with E-state index in [9.17, 15) is 38.4 Å². The summed E-state index contributed by atoms with van der Waals surface area (Å²) in [6.07, 6.45) is 5.40. The van der Waals surface area contributed by atoms with Gasteiger partial charge in [0.1, 0.15) is 24.2 Å². The lowest BCUT2D eigenvalue weighted by Crippen LogP contribution is -2.43. The zero-order valence-electron chi connectivity index (χ0n) is 33.6. The molecule has 4 aliphatic rings. The number of carboxylic acids is 4. The maximum absolute atomic E-state index is 11.7. The molecule has 0 aliphatic carbocycles. The van der Waals surface area contributed by atoms with Gasteiger partial charge in [0.15, 0.2) is 0 Å². The molecule has 4 aliphatic heterocycles. The van der Waals surface area contributed by atoms with Crippen LogP contribution in [-0.4, -0.2) is 161 Å². The van der Waals surface area contributed by atoms with Crippen molar-refractivity contribution in [2.45, 2.75) is 103 Å². The van der Waals surface area contributed by atoms with E-state index in [0.29, 0.717) is 74.9 Å². The maximum Gasteiger partial charge on any atom is 0.326 e. The third-order valence-corrected chi connectivity index (χ3v) is 12.3. The van der Waals surface area contributed by atoms with Crippen LogP contribution >= 0.6 is 77.5 Å². The Bertz CT molecular complexity index is 1180. The van der Waals surface area contributed by atoms with Gasteiger partial charge in [0, 0.05) is 72.9 Å². The standard InChI is InChI=1S/4C9H15NO3S.2H2S/c4*1-6(5-14)8(11)10-4-2-3-7(10)9(12)13;;/h4*6-7,14H,2-5H2,1H3,(H,12,13);2*1H2/t4*6-,7+;;/m1111../s1. The third-order valence-electron chi connectivity index (χ3n) is 10.1. The van der Waals surface area contributed by atoms with Crippen molar-refractivity contribution in [1.82, 2.24) is 19.6 Å². The molecule has 0 aromatic heterocycles. The second-order valence-corrected chi connectivity index (χ2v) is 15.9. The van der Waals surface area contributed by atoms with E-state index in [1.807, 2.05) is 0 Å². The highest BCUT2D eigenvalue weighted by Crippen LogP contribution is 2.23. The van der Waals surface area contributed by atoms with Gasteiger partial charge in [-0.2, -0.15) is 77.5 Å². The lowest BCUT2D eigenvalue weighted by Gasteiger charge is -2.24. The van der Waals surface area contributed by atoms with E-state index < -0.39 is 48.0 Å². The van der Waals surface area contributed by atoms with Crippen LogP contribution in [0.3, 0.4) is 0 Å². The maximum atomic E-state index is 11.7. The monoisotopic (exact) mass is 936 g/mol. The van der Waals surface area contributed by atoms with Crippen molar-refractivity contribution in [3.8, 4) is 0 Å². The van der Waals surface area contributed by atoms with Gasteiger partial charge in [-0.05, 0) is 51.4 Å². The van der Waals surface area contributed by atoms with Gasteiger partial charge in [-0.25, -0.2) is 19.2 Å². The number of hydrogen-bond acceptors (Lipinski definition) is 12. The van der Waals surface area contributed by atoms with Crippen LogP contribution in [0.15, 0.2) is 0 Å². The highest BCUT2D eigenvalue weighted by atomic mass is 32.1. The van der Waals surface area contributed by atoms with Crippen molar-refractivity contribution in [2.24, 2.45) is 23.7 Å². The Labute approximate surface area is 377 Å². The number of carbonyl (C=O) groups is 8. The molecular weight excluding hydrogens is 873 g/mol. The average Bonchev–Trinajstić information content (AvgIpc) is 4.02. The molecule has 0 unspecified atom stereocenters. The summed E-state index contributed by atoms with van der Waals surface area (Å²) < 4.78 is 0. The smallest absolute Gasteiger partial charge is 0.326 e. The summed E-state index contributed by atoms with van der Waals surface area (Å²) in [5.74, 6) is -2.92. The quantitative estimate of drug-likeness (QED) is 0.132. The molecule has 0 aromatic carbocycles. The fraction of sp³-hybridized carbons (Fsp3) is 0.778. The Kier molecular flexibility index (Phi) is 29.1. The second-order valence-electron chi connectivity index (χ2n) is 14.4. The van der Waals surface area contributed by atoms with Gasteiger partial charge in [0.25, 0.3) is 0 Å². The zero-order chi connectivity index (χ0) is 42.9. The van der Waals surface area contributed by atoms with Gasteiger partial charge in [0.05, 0.1) is 0 Å². The van der Waals surface area contributed by atoms with Crippen molar-refractivity contribution < 1.29 is 58.8 Å². The van der Waals surface area contributed by atoms with Crippen molar-refractivity contribution in [3.63, 3.8) is 0 Å². The summed E-state index contributed by atoms with van der Waals surface area (Å²) in [5, 5.41) is 35.5. The summed E-state index contributed by atoms with van der Waals surface area (Å²) in [4.78, 5) is 95.9. The van der Waals surface area contributed by atoms with Crippen molar-refractivity contribution in [3.05, 3.63) is 0 Å². The van der Waals surface area contributed by atoms with Crippen molar-refractivity contribution in [1.29, 1.82) is 0 Å². The summed E-state index contributed by atoms with van der Waals surface area (Å²) in [6.45, 7) is 9.34. The van der Waals surface area contributed by atoms with Crippen LogP contribution in [0.25, 0.3) is 0 Å². The van der Waals surface area contributed by atoms with Gasteiger partial charge in [-0.1, -0.05) is 27.7 Å². The minimum atomic E-state index is -0.901. The summed E-state index contributed by atoms with van der Waals surface area (Å²) in [7, 11) is 0. The van der Waals surface area contributed by atoms with Crippen molar-refractivity contribution in [2.75, 3.05) is 49.2 Å². The minimum Gasteiger partial charge on any atom is -0.480 e. The van der Waals surface area contributed by atoms with Gasteiger partial charge in [-0.15, -0.1) is 0 Å². The van der Waals surface area contributed by atoms with Crippen LogP contribution in [0.5, 0.6) is 0 Å². The van der Waals surface area contributed by atoms with E-state index in [1.165, 1.54) is 19.6 Å². The molecule has 0 bridgehead atoms. The largest absolute Gasteiger partial charge is 0.480 e. The fourth-order valence-corrected chi connectivity index (χ4v) is 7.22. The number of thiol groups is 4. The first kappa shape index (κ1) is 58.0. The number of carboxylic acid groups (broad SMARTS) is 4. The van der Waals surface area contributed by atoms with E-state index in [1.54, 1.807) is 27.7 Å². The third kappa shape index (κ3) is 17.1. The number of amides is 4. The van der Waals surface area contributed by atoms with Gasteiger partial charge in [0.2, 0.25) is 23.6 Å².